The summed E-state index contributed by atoms with van der Waals surface area (Å²) in [5.41, 5.74) is 3.54. The predicted molar refractivity (Wildman–Crippen MR) is 85.3 cm³/mol. The molecule has 1 aromatic heterocycles. The molecule has 0 fully saturated rings. The van der Waals surface area contributed by atoms with Gasteiger partial charge in [0.05, 0.1) is 0 Å². The average molecular weight is 278 g/mol. The van der Waals surface area contributed by atoms with Crippen LogP contribution in [0.15, 0.2) is 60.8 Å². The number of carbonyl (C=O) groups excluding carboxylic acids is 1. The number of benzene rings is 2. The highest BCUT2D eigenvalue weighted by atomic mass is 16.1. The molecular weight excluding hydrogens is 260 g/mol. The Morgan fingerprint density at radius 3 is 2.57 bits per heavy atom. The molecule has 0 radical (unpaired) electrons. The Hall–Kier alpha value is -2.55. The van der Waals surface area contributed by atoms with Gasteiger partial charge in [0.15, 0.2) is 0 Å². The van der Waals surface area contributed by atoms with Gasteiger partial charge in [-0.3, -0.25) is 4.79 Å². The van der Waals surface area contributed by atoms with Crippen LogP contribution in [0.5, 0.6) is 0 Å². The number of H-pyrrole nitrogens is 1. The van der Waals surface area contributed by atoms with Crippen LogP contribution in [0.4, 0.5) is 0 Å². The van der Waals surface area contributed by atoms with Crippen molar-refractivity contribution in [3.8, 4) is 0 Å². The van der Waals surface area contributed by atoms with E-state index in [1.54, 1.807) is 6.92 Å². The molecule has 0 aliphatic carbocycles. The minimum absolute atomic E-state index is 0.00391. The summed E-state index contributed by atoms with van der Waals surface area (Å²) in [4.78, 5) is 14.6. The highest BCUT2D eigenvalue weighted by molar-refractivity contribution is 5.84. The van der Waals surface area contributed by atoms with Crippen LogP contribution in [-0.4, -0.2) is 17.4 Å². The van der Waals surface area contributed by atoms with Gasteiger partial charge >= 0.3 is 0 Å². The Morgan fingerprint density at radius 1 is 1.10 bits per heavy atom. The van der Waals surface area contributed by atoms with Crippen molar-refractivity contribution in [3.63, 3.8) is 0 Å². The molecule has 1 unspecified atom stereocenters. The summed E-state index contributed by atoms with van der Waals surface area (Å²) in [5.74, 6) is 0.141. The number of amides is 1. The second-order valence-corrected chi connectivity index (χ2v) is 5.19. The van der Waals surface area contributed by atoms with Gasteiger partial charge in [-0.1, -0.05) is 48.5 Å². The number of fused-ring (bicyclic) bond motifs is 1. The monoisotopic (exact) mass is 278 g/mol. The highest BCUT2D eigenvalue weighted by Crippen LogP contribution is 2.30. The molecule has 0 aliphatic rings. The van der Waals surface area contributed by atoms with Crippen LogP contribution in [0.1, 0.15) is 24.0 Å². The molecule has 0 saturated heterocycles. The Labute approximate surface area is 124 Å². The molecule has 3 rings (SSSR count). The molecule has 3 heteroatoms. The van der Waals surface area contributed by atoms with Crippen molar-refractivity contribution in [2.24, 2.45) is 0 Å². The molecule has 1 atom stereocenters. The van der Waals surface area contributed by atoms with E-state index in [9.17, 15) is 4.79 Å². The minimum atomic E-state index is -0.00391. The van der Waals surface area contributed by atoms with Crippen molar-refractivity contribution < 1.29 is 4.79 Å². The number of nitrogens with one attached hydrogen (secondary N) is 2. The normalized spacial score (nSPS) is 12.2. The summed E-state index contributed by atoms with van der Waals surface area (Å²) in [5, 5.41) is 4.15. The van der Waals surface area contributed by atoms with Gasteiger partial charge < -0.3 is 10.3 Å². The van der Waals surface area contributed by atoms with Crippen LogP contribution in [0.2, 0.25) is 0 Å². The molecule has 21 heavy (non-hydrogen) atoms. The first-order valence-electron chi connectivity index (χ1n) is 7.11. The molecular formula is C18H18N2O. The van der Waals surface area contributed by atoms with Crippen LogP contribution in [0, 0.1) is 0 Å². The van der Waals surface area contributed by atoms with Crippen LogP contribution in [0.3, 0.4) is 0 Å². The summed E-state index contributed by atoms with van der Waals surface area (Å²) in [6.45, 7) is 2.15. The van der Waals surface area contributed by atoms with Crippen molar-refractivity contribution in [2.45, 2.75) is 12.8 Å². The van der Waals surface area contributed by atoms with Gasteiger partial charge in [-0.2, -0.15) is 0 Å². The fourth-order valence-electron chi connectivity index (χ4n) is 2.72. The maximum atomic E-state index is 11.3. The third-order valence-electron chi connectivity index (χ3n) is 3.75. The lowest BCUT2D eigenvalue weighted by atomic mass is 9.91. The molecule has 1 heterocycles. The summed E-state index contributed by atoms with van der Waals surface area (Å²) >= 11 is 0. The smallest absolute Gasteiger partial charge is 0.216 e. The van der Waals surface area contributed by atoms with Crippen molar-refractivity contribution in [1.82, 2.24) is 10.3 Å². The van der Waals surface area contributed by atoms with Crippen LogP contribution in [-0.2, 0) is 4.79 Å². The van der Waals surface area contributed by atoms with Gasteiger partial charge in [-0.25, -0.2) is 0 Å². The van der Waals surface area contributed by atoms with E-state index in [4.69, 9.17) is 0 Å². The van der Waals surface area contributed by atoms with E-state index in [0.717, 1.165) is 5.52 Å². The predicted octanol–water partition coefficient (Wildman–Crippen LogP) is 3.44. The number of hydrogen-bond acceptors (Lipinski definition) is 1. The first kappa shape index (κ1) is 13.4. The number of aromatic nitrogens is 1. The Morgan fingerprint density at radius 2 is 1.81 bits per heavy atom. The molecule has 2 aromatic carbocycles. The van der Waals surface area contributed by atoms with Gasteiger partial charge in [0.1, 0.15) is 0 Å². The second kappa shape index (κ2) is 5.83. The van der Waals surface area contributed by atoms with Gasteiger partial charge in [-0.15, -0.1) is 0 Å². The van der Waals surface area contributed by atoms with E-state index in [-0.39, 0.29) is 11.8 Å². The molecule has 0 bridgehead atoms. The molecule has 0 saturated carbocycles. The lowest BCUT2D eigenvalue weighted by Gasteiger charge is -2.17. The summed E-state index contributed by atoms with van der Waals surface area (Å²) in [7, 11) is 0. The molecule has 106 valence electrons. The van der Waals surface area contributed by atoms with Crippen molar-refractivity contribution >= 4 is 16.8 Å². The average Bonchev–Trinajstić information content (AvgIpc) is 2.93. The van der Waals surface area contributed by atoms with Crippen molar-refractivity contribution in [3.05, 3.63) is 71.9 Å². The third kappa shape index (κ3) is 2.82. The lowest BCUT2D eigenvalue weighted by Crippen LogP contribution is -2.26. The number of hydrogen-bond donors (Lipinski definition) is 2. The number of rotatable bonds is 4. The zero-order valence-corrected chi connectivity index (χ0v) is 12.0. The largest absolute Gasteiger partial charge is 0.361 e. The van der Waals surface area contributed by atoms with E-state index in [0.29, 0.717) is 6.54 Å². The van der Waals surface area contributed by atoms with Gasteiger partial charge in [0.2, 0.25) is 5.91 Å². The molecule has 2 N–H and O–H groups in total. The van der Waals surface area contributed by atoms with Crippen molar-refractivity contribution in [1.29, 1.82) is 0 Å². The summed E-state index contributed by atoms with van der Waals surface area (Å²) in [6, 6.07) is 18.5. The SMILES string of the molecule is CC(=O)NCC(c1ccccc1)c1c[nH]c2ccccc12. The van der Waals surface area contributed by atoms with E-state index in [2.05, 4.69) is 34.6 Å². The maximum Gasteiger partial charge on any atom is 0.216 e. The molecule has 1 amide bonds. The summed E-state index contributed by atoms with van der Waals surface area (Å²) < 4.78 is 0. The number of para-hydroxylation sites is 1. The van der Waals surface area contributed by atoms with Crippen LogP contribution < -0.4 is 5.32 Å². The molecule has 0 spiro atoms. The zero-order chi connectivity index (χ0) is 14.7. The highest BCUT2D eigenvalue weighted by Gasteiger charge is 2.18. The van der Waals surface area contributed by atoms with Crippen molar-refractivity contribution in [2.75, 3.05) is 6.54 Å². The minimum Gasteiger partial charge on any atom is -0.361 e. The second-order valence-electron chi connectivity index (χ2n) is 5.19. The molecule has 0 aliphatic heterocycles. The van der Waals surface area contributed by atoms with Crippen LogP contribution >= 0.6 is 0 Å². The maximum absolute atomic E-state index is 11.3. The third-order valence-corrected chi connectivity index (χ3v) is 3.75. The Bertz CT molecular complexity index is 746. The van der Waals surface area contributed by atoms with E-state index in [1.165, 1.54) is 16.5 Å². The summed E-state index contributed by atoms with van der Waals surface area (Å²) in [6.07, 6.45) is 2.05. The number of carbonyl (C=O) groups is 1. The first-order valence-corrected chi connectivity index (χ1v) is 7.11. The molecule has 3 nitrogen and oxygen atoms in total. The van der Waals surface area contributed by atoms with Gasteiger partial charge in [0.25, 0.3) is 0 Å². The van der Waals surface area contributed by atoms with E-state index >= 15 is 0 Å². The molecule has 3 aromatic rings. The number of aromatic amines is 1. The fourth-order valence-corrected chi connectivity index (χ4v) is 2.72. The quantitative estimate of drug-likeness (QED) is 0.754. The van der Waals surface area contributed by atoms with Crippen LogP contribution in [0.25, 0.3) is 10.9 Å². The first-order chi connectivity index (χ1) is 10.3. The zero-order valence-electron chi connectivity index (χ0n) is 12.0. The van der Waals surface area contributed by atoms with Gasteiger partial charge in [-0.05, 0) is 17.2 Å². The van der Waals surface area contributed by atoms with E-state index in [1.807, 2.05) is 36.5 Å². The fraction of sp³-hybridized carbons (Fsp3) is 0.167. The van der Waals surface area contributed by atoms with E-state index < -0.39 is 0 Å². The Kier molecular flexibility index (Phi) is 3.73. The topological polar surface area (TPSA) is 44.9 Å². The standard InChI is InChI=1S/C18H18N2O/c1-13(21)19-11-16(14-7-3-2-4-8-14)17-12-20-18-10-6-5-9-15(17)18/h2-10,12,16,20H,11H2,1H3,(H,19,21). The Balaban J connectivity index is 2.04. The van der Waals surface area contributed by atoms with Gasteiger partial charge in [0, 0.05) is 36.5 Å². The lowest BCUT2D eigenvalue weighted by molar-refractivity contribution is -0.118.